The number of carbonyl (C=O) groups is 1. The van der Waals surface area contributed by atoms with Gasteiger partial charge in [-0.3, -0.25) is 4.79 Å². The van der Waals surface area contributed by atoms with E-state index >= 15 is 0 Å². The normalized spacial score (nSPS) is 23.4. The van der Waals surface area contributed by atoms with Crippen molar-refractivity contribution in [1.82, 2.24) is 0 Å². The van der Waals surface area contributed by atoms with Gasteiger partial charge in [0.05, 0.1) is 0 Å². The van der Waals surface area contributed by atoms with E-state index < -0.39 is 0 Å². The largest absolute Gasteiger partial charge is 0.324 e. The minimum atomic E-state index is 0.0167. The predicted molar refractivity (Wildman–Crippen MR) is 72.9 cm³/mol. The van der Waals surface area contributed by atoms with Gasteiger partial charge in [0.1, 0.15) is 0 Å². The number of halogens is 1. The second kappa shape index (κ2) is 4.78. The third-order valence-electron chi connectivity index (χ3n) is 3.35. The summed E-state index contributed by atoms with van der Waals surface area (Å²) in [5, 5.41) is 0. The van der Waals surface area contributed by atoms with E-state index in [0.717, 1.165) is 28.6 Å². The van der Waals surface area contributed by atoms with Crippen LogP contribution in [0.25, 0.3) is 0 Å². The molecule has 17 heavy (non-hydrogen) atoms. The summed E-state index contributed by atoms with van der Waals surface area (Å²) >= 11 is 3.45. The van der Waals surface area contributed by atoms with Crippen molar-refractivity contribution < 1.29 is 4.79 Å². The molecule has 0 fully saturated rings. The molecule has 4 heteroatoms. The Morgan fingerprint density at radius 1 is 1.59 bits per heavy atom. The highest BCUT2D eigenvalue weighted by Gasteiger charge is 2.31. The maximum Gasteiger partial charge on any atom is 0.224 e. The third kappa shape index (κ3) is 2.24. The molecule has 3 nitrogen and oxygen atoms in total. The molecule has 0 bridgehead atoms. The van der Waals surface area contributed by atoms with E-state index in [9.17, 15) is 4.79 Å². The Morgan fingerprint density at radius 3 is 2.88 bits per heavy atom. The summed E-state index contributed by atoms with van der Waals surface area (Å²) in [5.41, 5.74) is 8.20. The summed E-state index contributed by atoms with van der Waals surface area (Å²) in [6.45, 7) is 3.71. The Labute approximate surface area is 110 Å². The first kappa shape index (κ1) is 12.6. The number of benzene rings is 1. The molecule has 1 aliphatic heterocycles. The van der Waals surface area contributed by atoms with Gasteiger partial charge in [0.15, 0.2) is 0 Å². The van der Waals surface area contributed by atoms with Crippen molar-refractivity contribution in [3.63, 3.8) is 0 Å². The van der Waals surface area contributed by atoms with Crippen LogP contribution in [0.5, 0.6) is 0 Å². The quantitative estimate of drug-likeness (QED) is 0.866. The van der Waals surface area contributed by atoms with Crippen LogP contribution >= 0.6 is 15.9 Å². The highest BCUT2D eigenvalue weighted by atomic mass is 79.9. The molecule has 0 saturated carbocycles. The van der Waals surface area contributed by atoms with Crippen LogP contribution in [0.4, 0.5) is 5.69 Å². The van der Waals surface area contributed by atoms with E-state index in [1.807, 2.05) is 23.1 Å². The summed E-state index contributed by atoms with van der Waals surface area (Å²) in [7, 11) is 0. The molecular weight excluding hydrogens is 280 g/mol. The summed E-state index contributed by atoms with van der Waals surface area (Å²) in [5.74, 6) is 0.0901. The molecule has 1 heterocycles. The molecule has 1 amide bonds. The molecule has 2 rings (SSSR count). The molecular formula is C13H17BrN2O. The molecule has 0 radical (unpaired) electrons. The third-order valence-corrected chi connectivity index (χ3v) is 3.84. The number of rotatable bonds is 1. The average Bonchev–Trinajstić information content (AvgIpc) is 2.28. The molecule has 0 unspecified atom stereocenters. The number of nitrogens with two attached hydrogens (primary N) is 1. The van der Waals surface area contributed by atoms with Gasteiger partial charge >= 0.3 is 0 Å². The number of hydrogen-bond donors (Lipinski definition) is 1. The van der Waals surface area contributed by atoms with Crippen molar-refractivity contribution in [3.8, 4) is 0 Å². The smallest absolute Gasteiger partial charge is 0.224 e. The van der Waals surface area contributed by atoms with Crippen molar-refractivity contribution in [2.45, 2.75) is 38.8 Å². The first-order valence-corrected chi connectivity index (χ1v) is 6.68. The Hall–Kier alpha value is -0.870. The van der Waals surface area contributed by atoms with Crippen LogP contribution in [0, 0.1) is 0 Å². The summed E-state index contributed by atoms with van der Waals surface area (Å²) in [4.78, 5) is 13.7. The topological polar surface area (TPSA) is 46.3 Å². The van der Waals surface area contributed by atoms with E-state index in [0.29, 0.717) is 0 Å². The van der Waals surface area contributed by atoms with Gasteiger partial charge in [-0.2, -0.15) is 0 Å². The van der Waals surface area contributed by atoms with Crippen LogP contribution in [-0.4, -0.2) is 11.9 Å². The summed E-state index contributed by atoms with van der Waals surface area (Å²) < 4.78 is 1.00. The molecule has 1 aliphatic rings. The lowest BCUT2D eigenvalue weighted by atomic mass is 9.90. The first-order valence-electron chi connectivity index (χ1n) is 5.89. The van der Waals surface area contributed by atoms with E-state index in [1.54, 1.807) is 6.92 Å². The molecule has 2 atom stereocenters. The number of anilines is 1. The van der Waals surface area contributed by atoms with E-state index in [2.05, 4.69) is 22.9 Å². The van der Waals surface area contributed by atoms with E-state index in [-0.39, 0.29) is 18.0 Å². The standard InChI is InChI=1S/C13H17BrN2O/c1-3-10-7-12(15)11-6-9(14)4-5-13(11)16(10)8(2)17/h4-6,10,12H,3,7,15H2,1-2H3/t10-,12+/m1/s1. The fourth-order valence-corrected chi connectivity index (χ4v) is 2.92. The Balaban J connectivity index is 2.52. The molecule has 1 aromatic carbocycles. The van der Waals surface area contributed by atoms with Crippen molar-refractivity contribution in [2.24, 2.45) is 5.73 Å². The molecule has 0 aromatic heterocycles. The van der Waals surface area contributed by atoms with Gasteiger partial charge in [0, 0.05) is 29.2 Å². The van der Waals surface area contributed by atoms with Gasteiger partial charge in [-0.15, -0.1) is 0 Å². The second-order valence-electron chi connectivity index (χ2n) is 4.50. The predicted octanol–water partition coefficient (Wildman–Crippen LogP) is 2.98. The van der Waals surface area contributed by atoms with E-state index in [1.165, 1.54) is 0 Å². The van der Waals surface area contributed by atoms with Crippen LogP contribution in [-0.2, 0) is 4.79 Å². The second-order valence-corrected chi connectivity index (χ2v) is 5.41. The zero-order chi connectivity index (χ0) is 12.6. The molecule has 2 N–H and O–H groups in total. The Morgan fingerprint density at radius 2 is 2.29 bits per heavy atom. The SMILES string of the molecule is CC[C@@H]1C[C@H](N)c2cc(Br)ccc2N1C(C)=O. The molecule has 1 aromatic rings. The molecule has 92 valence electrons. The van der Waals surface area contributed by atoms with E-state index in [4.69, 9.17) is 5.73 Å². The lowest BCUT2D eigenvalue weighted by molar-refractivity contribution is -0.117. The minimum Gasteiger partial charge on any atom is -0.324 e. The summed E-state index contributed by atoms with van der Waals surface area (Å²) in [6.07, 6.45) is 1.77. The van der Waals surface area contributed by atoms with Crippen molar-refractivity contribution in [1.29, 1.82) is 0 Å². The van der Waals surface area contributed by atoms with Gasteiger partial charge in [-0.1, -0.05) is 22.9 Å². The number of nitrogens with zero attached hydrogens (tertiary/aromatic N) is 1. The highest BCUT2D eigenvalue weighted by Crippen LogP contribution is 2.38. The molecule has 0 spiro atoms. The zero-order valence-electron chi connectivity index (χ0n) is 10.1. The number of fused-ring (bicyclic) bond motifs is 1. The van der Waals surface area contributed by atoms with Gasteiger partial charge in [-0.05, 0) is 36.6 Å². The number of hydrogen-bond acceptors (Lipinski definition) is 2. The fraction of sp³-hybridized carbons (Fsp3) is 0.462. The number of amides is 1. The van der Waals surface area contributed by atoms with Crippen LogP contribution in [0.3, 0.4) is 0 Å². The van der Waals surface area contributed by atoms with Gasteiger partial charge in [-0.25, -0.2) is 0 Å². The van der Waals surface area contributed by atoms with Gasteiger partial charge in [0.2, 0.25) is 5.91 Å². The minimum absolute atomic E-state index is 0.0167. The lowest BCUT2D eigenvalue weighted by Gasteiger charge is -2.39. The maximum absolute atomic E-state index is 11.8. The van der Waals surface area contributed by atoms with Crippen LogP contribution in [0.1, 0.15) is 38.3 Å². The average molecular weight is 297 g/mol. The first-order chi connectivity index (χ1) is 8.04. The van der Waals surface area contributed by atoms with Crippen LogP contribution in [0.15, 0.2) is 22.7 Å². The van der Waals surface area contributed by atoms with Crippen molar-refractivity contribution in [2.75, 3.05) is 4.90 Å². The molecule has 0 saturated heterocycles. The fourth-order valence-electron chi connectivity index (χ4n) is 2.54. The van der Waals surface area contributed by atoms with Crippen molar-refractivity contribution in [3.05, 3.63) is 28.2 Å². The Bertz CT molecular complexity index is 447. The Kier molecular flexibility index (Phi) is 3.54. The highest BCUT2D eigenvalue weighted by molar-refractivity contribution is 9.10. The van der Waals surface area contributed by atoms with Crippen LogP contribution < -0.4 is 10.6 Å². The number of carbonyl (C=O) groups excluding carboxylic acids is 1. The van der Waals surface area contributed by atoms with Crippen molar-refractivity contribution >= 4 is 27.5 Å². The van der Waals surface area contributed by atoms with Crippen LogP contribution in [0.2, 0.25) is 0 Å². The molecule has 0 aliphatic carbocycles. The zero-order valence-corrected chi connectivity index (χ0v) is 11.7. The summed E-state index contributed by atoms with van der Waals surface area (Å²) in [6, 6.07) is 6.18. The van der Waals surface area contributed by atoms with Gasteiger partial charge < -0.3 is 10.6 Å². The maximum atomic E-state index is 11.8. The lowest BCUT2D eigenvalue weighted by Crippen LogP contribution is -2.44. The van der Waals surface area contributed by atoms with Gasteiger partial charge in [0.25, 0.3) is 0 Å². The monoisotopic (exact) mass is 296 g/mol.